The van der Waals surface area contributed by atoms with E-state index in [9.17, 15) is 38.3 Å². The number of aliphatic hydroxyl groups excluding tert-OH is 1. The minimum absolute atomic E-state index is 0.276. The van der Waals surface area contributed by atoms with E-state index in [1.165, 1.54) is 0 Å². The Morgan fingerprint density at radius 3 is 1.74 bits per heavy atom. The summed E-state index contributed by atoms with van der Waals surface area (Å²) in [5.74, 6) is -2.78. The summed E-state index contributed by atoms with van der Waals surface area (Å²) in [5, 5.41) is 33.1. The highest BCUT2D eigenvalue weighted by atomic mass is 31.2. The molecule has 10 atom stereocenters. The number of hydrogen-bond acceptors (Lipinski definition) is 20. The molecule has 0 saturated carbocycles. The maximum atomic E-state index is 16.6. The van der Waals surface area contributed by atoms with E-state index >= 15 is 8.78 Å². The smallest absolute Gasteiger partial charge is 0.394 e. The van der Waals surface area contributed by atoms with Gasteiger partial charge in [-0.25, -0.2) is 27.9 Å². The Hall–Kier alpha value is -5.42. The Balaban J connectivity index is 1.29. The van der Waals surface area contributed by atoms with Crippen LogP contribution >= 0.6 is 15.6 Å². The second-order valence-electron chi connectivity index (χ2n) is 14.8. The number of phosphoric ester groups is 2. The van der Waals surface area contributed by atoms with Crippen molar-refractivity contribution in [1.82, 2.24) is 39.0 Å². The molecule has 2 aliphatic heterocycles. The molecule has 2 fully saturated rings. The zero-order valence-electron chi connectivity index (χ0n) is 34.6. The fourth-order valence-corrected chi connectivity index (χ4v) is 8.57. The fourth-order valence-electron chi connectivity index (χ4n) is 6.24. The lowest BCUT2D eigenvalue weighted by atomic mass is 10.1. The third kappa shape index (κ3) is 11.0. The first kappa shape index (κ1) is 49.0. The van der Waals surface area contributed by atoms with E-state index in [1.807, 2.05) is 0 Å². The number of anilines is 2. The van der Waals surface area contributed by atoms with Crippen LogP contribution in [0.5, 0.6) is 0 Å². The van der Waals surface area contributed by atoms with Crippen LogP contribution in [0.1, 0.15) is 53.0 Å². The van der Waals surface area contributed by atoms with Gasteiger partial charge in [0.1, 0.15) is 24.4 Å². The van der Waals surface area contributed by atoms with Gasteiger partial charge in [-0.05, 0) is 0 Å². The third-order valence-electron chi connectivity index (χ3n) is 9.49. The zero-order chi connectivity index (χ0) is 47.4. The van der Waals surface area contributed by atoms with Gasteiger partial charge in [0.25, 0.3) is 11.1 Å². The summed E-state index contributed by atoms with van der Waals surface area (Å²) in [7, 11) is -10.4. The number of hydrogen-bond donors (Lipinski definition) is 6. The molecule has 31 heteroatoms. The van der Waals surface area contributed by atoms with E-state index in [1.54, 1.807) is 39.8 Å². The molecule has 7 unspecified atom stereocenters. The number of ether oxygens (including phenoxy) is 2. The lowest BCUT2D eigenvalue weighted by Gasteiger charge is -2.26. The van der Waals surface area contributed by atoms with E-state index in [0.717, 1.165) is 21.8 Å². The number of amides is 2. The van der Waals surface area contributed by atoms with Gasteiger partial charge in [-0.15, -0.1) is 0 Å². The van der Waals surface area contributed by atoms with Crippen LogP contribution in [0.25, 0.3) is 22.3 Å². The van der Waals surface area contributed by atoms with Crippen LogP contribution in [0.2, 0.25) is 0 Å². The topological polar surface area (TPSA) is 372 Å². The number of rotatable bonds is 20. The number of nitriles is 2. The van der Waals surface area contributed by atoms with Crippen molar-refractivity contribution in [3.63, 3.8) is 0 Å². The summed E-state index contributed by atoms with van der Waals surface area (Å²) in [6, 6.07) is 3.41. The molecule has 4 aromatic rings. The SMILES string of the molecule is CC(C)C(=O)Nc1nc2c(ncn2C2OC(CO)C(OP(=O)(OCCC#N)OCC3OC(n4cnc5c(=O)[nH]c(NC(=O)C(C)C)nc54)[C@H](F)[C@@H]3OP(=O)(O)OCCC#N)[C@H]2F)c(=O)[nH]1. The molecular weight excluding hydrogens is 916 g/mol. The highest BCUT2D eigenvalue weighted by Gasteiger charge is 2.54. The van der Waals surface area contributed by atoms with Crippen molar-refractivity contribution >= 4 is 61.7 Å². The quantitative estimate of drug-likeness (QED) is 0.0543. The normalized spacial score (nSPS) is 25.1. The summed E-state index contributed by atoms with van der Waals surface area (Å²) in [6.07, 6.45) is -15.2. The number of nitrogens with zero attached hydrogens (tertiary/aromatic N) is 8. The van der Waals surface area contributed by atoms with E-state index in [-0.39, 0.29) is 40.6 Å². The summed E-state index contributed by atoms with van der Waals surface area (Å²) >= 11 is 0. The molecule has 2 saturated heterocycles. The van der Waals surface area contributed by atoms with Crippen molar-refractivity contribution in [3.8, 4) is 12.1 Å². The number of halogens is 2. The van der Waals surface area contributed by atoms with Crippen molar-refractivity contribution in [3.05, 3.63) is 33.4 Å². The van der Waals surface area contributed by atoms with Gasteiger partial charge in [-0.2, -0.15) is 20.5 Å². The lowest BCUT2D eigenvalue weighted by molar-refractivity contribution is -0.119. The zero-order valence-corrected chi connectivity index (χ0v) is 36.4. The number of H-pyrrole nitrogens is 2. The van der Waals surface area contributed by atoms with Gasteiger partial charge in [0.05, 0.1) is 64.1 Å². The minimum Gasteiger partial charge on any atom is -0.394 e. The largest absolute Gasteiger partial charge is 0.475 e. The fraction of sp³-hybridized carbons (Fsp3) is 0.588. The molecule has 27 nitrogen and oxygen atoms in total. The van der Waals surface area contributed by atoms with Crippen LogP contribution in [-0.4, -0.2) is 124 Å². The molecule has 6 rings (SSSR count). The minimum atomic E-state index is -5.22. The van der Waals surface area contributed by atoms with Gasteiger partial charge >= 0.3 is 15.6 Å². The number of fused-ring (bicyclic) bond motifs is 2. The van der Waals surface area contributed by atoms with E-state index in [2.05, 4.69) is 40.5 Å². The first-order valence-electron chi connectivity index (χ1n) is 19.5. The number of nitrogens with one attached hydrogen (secondary N) is 4. The average Bonchev–Trinajstić information content (AvgIpc) is 4.01. The third-order valence-corrected chi connectivity index (χ3v) is 12.0. The number of aromatic amines is 2. The van der Waals surface area contributed by atoms with E-state index in [4.69, 9.17) is 42.6 Å². The number of aliphatic hydroxyl groups is 1. The predicted molar refractivity (Wildman–Crippen MR) is 213 cm³/mol. The number of imidazole rings is 2. The molecule has 65 heavy (non-hydrogen) atoms. The summed E-state index contributed by atoms with van der Waals surface area (Å²) in [5.41, 5.74) is -2.94. The van der Waals surface area contributed by atoms with Crippen LogP contribution in [-0.2, 0) is 50.8 Å². The number of aromatic nitrogens is 8. The molecule has 6 N–H and O–H groups in total. The molecule has 0 bridgehead atoms. The van der Waals surface area contributed by atoms with Crippen molar-refractivity contribution in [2.24, 2.45) is 11.8 Å². The highest BCUT2D eigenvalue weighted by molar-refractivity contribution is 7.48. The van der Waals surface area contributed by atoms with Crippen LogP contribution in [0, 0.1) is 34.5 Å². The van der Waals surface area contributed by atoms with Crippen LogP contribution in [0.4, 0.5) is 20.7 Å². The summed E-state index contributed by atoms with van der Waals surface area (Å²) in [6.45, 7) is 2.93. The average molecular weight is 959 g/mol. The molecule has 0 spiro atoms. The van der Waals surface area contributed by atoms with Gasteiger partial charge in [0.2, 0.25) is 23.7 Å². The maximum Gasteiger partial charge on any atom is 0.475 e. The number of alkyl halides is 2. The molecule has 0 aromatic carbocycles. The Morgan fingerprint density at radius 2 is 1.28 bits per heavy atom. The van der Waals surface area contributed by atoms with Gasteiger partial charge in [0.15, 0.2) is 47.1 Å². The van der Waals surface area contributed by atoms with Gasteiger partial charge < -0.3 is 19.5 Å². The van der Waals surface area contributed by atoms with Crippen molar-refractivity contribution in [1.29, 1.82) is 10.5 Å². The van der Waals surface area contributed by atoms with E-state index < -0.39 is 132 Å². The summed E-state index contributed by atoms with van der Waals surface area (Å²) in [4.78, 5) is 81.8. The van der Waals surface area contributed by atoms with Crippen LogP contribution < -0.4 is 21.8 Å². The Kier molecular flexibility index (Phi) is 15.4. The molecule has 2 amide bonds. The van der Waals surface area contributed by atoms with Gasteiger partial charge in [-0.1, -0.05) is 27.7 Å². The van der Waals surface area contributed by atoms with Crippen LogP contribution in [0.3, 0.4) is 0 Å². The molecule has 6 heterocycles. The summed E-state index contributed by atoms with van der Waals surface area (Å²) < 4.78 is 100. The second-order valence-corrected chi connectivity index (χ2v) is 17.8. The molecule has 2 aliphatic rings. The number of carbonyl (C=O) groups excluding carboxylic acids is 2. The molecule has 352 valence electrons. The standard InChI is InChI=1S/C34H42F2N12O15P2/c1-15(2)27(50)43-33-41-25-21(29(52)45-33)39-13-47(25)31-19(35)23(17(11-49)60-31)63-65(56,58-10-6-8-38)59-12-18-24(62-64(54,55)57-9-5-7-37)20(36)32(61-18)48-14-40-22-26(48)42-34(46-30(22)53)44-28(51)16(3)4/h13-20,23-24,31-32,49H,5-6,9-12H2,1-4H3,(H,54,55)(H2,41,43,45,50,52)(H2,42,44,46,51,53)/t17?,18?,19-,20-,23?,24-,31?,32?,65?/m1/s1. The Morgan fingerprint density at radius 1 is 0.815 bits per heavy atom. The Bertz CT molecular complexity index is 2700. The Labute approximate surface area is 364 Å². The van der Waals surface area contributed by atoms with Crippen molar-refractivity contribution in [2.75, 3.05) is 37.1 Å². The molecular formula is C34H42F2N12O15P2. The first-order chi connectivity index (χ1) is 30.8. The number of phosphoric acid groups is 2. The lowest BCUT2D eigenvalue weighted by Crippen LogP contribution is -2.35. The van der Waals surface area contributed by atoms with Crippen molar-refractivity contribution < 1.29 is 69.6 Å². The van der Waals surface area contributed by atoms with E-state index in [0.29, 0.717) is 0 Å². The molecule has 0 radical (unpaired) electrons. The molecule has 4 aromatic heterocycles. The second kappa shape index (κ2) is 20.4. The van der Waals surface area contributed by atoms with Gasteiger partial charge in [-0.3, -0.25) is 71.5 Å². The maximum absolute atomic E-state index is 16.6. The van der Waals surface area contributed by atoms with Crippen molar-refractivity contribution in [2.45, 2.75) is 89.8 Å². The molecule has 0 aliphatic carbocycles. The first-order valence-corrected chi connectivity index (χ1v) is 22.5. The predicted octanol–water partition coefficient (Wildman–Crippen LogP) is 1.76. The monoisotopic (exact) mass is 958 g/mol. The highest BCUT2D eigenvalue weighted by Crippen LogP contribution is 2.55. The van der Waals surface area contributed by atoms with Gasteiger partial charge in [0, 0.05) is 11.8 Å². The number of carbonyl (C=O) groups is 2. The van der Waals surface area contributed by atoms with Crippen LogP contribution in [0.15, 0.2) is 22.2 Å².